The Bertz CT molecular complexity index is 1070. The van der Waals surface area contributed by atoms with E-state index < -0.39 is 57.1 Å². The molecule has 0 spiro atoms. The third-order valence-corrected chi connectivity index (χ3v) is 10.5. The van der Waals surface area contributed by atoms with E-state index in [0.717, 1.165) is 23.2 Å². The first-order chi connectivity index (χ1) is 18.9. The van der Waals surface area contributed by atoms with Crippen LogP contribution in [-0.4, -0.2) is 83.0 Å². The summed E-state index contributed by atoms with van der Waals surface area (Å²) >= 11 is 0. The van der Waals surface area contributed by atoms with Gasteiger partial charge in [0.1, 0.15) is 11.0 Å². The molecule has 2 aliphatic rings. The Balaban J connectivity index is 0.000000541. The summed E-state index contributed by atoms with van der Waals surface area (Å²) in [5.74, 6) is -49.0. The van der Waals surface area contributed by atoms with E-state index in [0.29, 0.717) is 10.9 Å². The topological polar surface area (TPSA) is 74.3 Å². The third-order valence-electron chi connectivity index (χ3n) is 6.79. The molecule has 1 aliphatic heterocycles. The van der Waals surface area contributed by atoms with Crippen molar-refractivity contribution in [3.8, 4) is 0 Å². The molecule has 43 heavy (non-hydrogen) atoms. The van der Waals surface area contributed by atoms with Crippen LogP contribution in [0.25, 0.3) is 0 Å². The predicted molar refractivity (Wildman–Crippen MR) is 113 cm³/mol. The third kappa shape index (κ3) is 6.67. The molecule has 0 amide bonds. The van der Waals surface area contributed by atoms with Gasteiger partial charge in [-0.25, -0.2) is 8.42 Å². The molecule has 0 aromatic heterocycles. The lowest BCUT2D eigenvalue weighted by Gasteiger charge is -2.42. The van der Waals surface area contributed by atoms with Gasteiger partial charge in [0.05, 0.1) is 0 Å². The molecule has 0 aromatic carbocycles. The maximum atomic E-state index is 13.0. The molecule has 1 heterocycles. The number of carbonyl (C=O) groups excluding carboxylic acids is 1. The Hall–Kier alpha value is -1.26. The van der Waals surface area contributed by atoms with Crippen LogP contribution in [0.1, 0.15) is 44.9 Å². The van der Waals surface area contributed by atoms with Crippen LogP contribution in [0.5, 0.6) is 0 Å². The second-order valence-corrected chi connectivity index (χ2v) is 13.4. The number of hydrogen-bond donors (Lipinski definition) is 0. The van der Waals surface area contributed by atoms with Gasteiger partial charge in [-0.15, -0.1) is 0 Å². The van der Waals surface area contributed by atoms with Gasteiger partial charge < -0.3 is 4.55 Å². The number of carbonyl (C=O) groups is 1. The van der Waals surface area contributed by atoms with Crippen molar-refractivity contribution < 1.29 is 92.4 Å². The lowest BCUT2D eigenvalue weighted by atomic mass is 9.85. The fourth-order valence-corrected chi connectivity index (χ4v) is 7.59. The molecule has 1 saturated carbocycles. The van der Waals surface area contributed by atoms with Gasteiger partial charge in [0.2, 0.25) is 0 Å². The first-order valence-corrected chi connectivity index (χ1v) is 14.7. The van der Waals surface area contributed by atoms with Crippen LogP contribution < -0.4 is 0 Å². The highest BCUT2D eigenvalue weighted by Crippen LogP contribution is 2.64. The predicted octanol–water partition coefficient (Wildman–Crippen LogP) is 7.04. The average Bonchev–Trinajstić information content (AvgIpc) is 3.31. The van der Waals surface area contributed by atoms with Gasteiger partial charge in [-0.2, -0.15) is 74.6 Å². The van der Waals surface area contributed by atoms with Crippen LogP contribution in [0.4, 0.5) is 74.6 Å². The summed E-state index contributed by atoms with van der Waals surface area (Å²) in [6.45, 7) is 0. The number of aldehydes is 1. The second-order valence-electron chi connectivity index (χ2n) is 9.57. The van der Waals surface area contributed by atoms with Crippen LogP contribution in [0, 0.1) is 5.92 Å². The summed E-state index contributed by atoms with van der Waals surface area (Å²) in [7, 11) is -7.67. The normalized spacial score (nSPS) is 22.7. The SMILES string of the molecule is O=CC[S+]1CCCC1C1CCCCC1.O=S(=O)([O-])C(F)(F)C(F)(F)C(F)(F)C(F)(F)C(F)(F)C(F)(F)C(F)(F)C(F)(F)F. The highest BCUT2D eigenvalue weighted by Gasteiger charge is 2.95. The lowest BCUT2D eigenvalue weighted by Crippen LogP contribution is -2.75. The van der Waals surface area contributed by atoms with Gasteiger partial charge in [-0.3, -0.25) is 4.79 Å². The smallest absolute Gasteiger partial charge is 0.460 e. The molecule has 1 aliphatic carbocycles. The highest BCUT2D eigenvalue weighted by molar-refractivity contribution is 7.98. The van der Waals surface area contributed by atoms with Crippen molar-refractivity contribution in [1.29, 1.82) is 0 Å². The fourth-order valence-electron chi connectivity index (χ4n) is 4.40. The summed E-state index contributed by atoms with van der Waals surface area (Å²) in [5, 5.41) is -7.02. The molecule has 4 nitrogen and oxygen atoms in total. The maximum absolute atomic E-state index is 13.0. The zero-order valence-corrected chi connectivity index (χ0v) is 22.6. The van der Waals surface area contributed by atoms with Crippen LogP contribution in [0.2, 0.25) is 0 Å². The Morgan fingerprint density at radius 2 is 1.00 bits per heavy atom. The number of rotatable bonds is 10. The Kier molecular flexibility index (Phi) is 11.6. The van der Waals surface area contributed by atoms with E-state index in [1.165, 1.54) is 50.7 Å². The van der Waals surface area contributed by atoms with Crippen molar-refractivity contribution in [3.05, 3.63) is 0 Å². The maximum Gasteiger partial charge on any atom is 0.460 e. The average molecular weight is 712 g/mol. The van der Waals surface area contributed by atoms with E-state index in [-0.39, 0.29) is 0 Å². The van der Waals surface area contributed by atoms with E-state index in [2.05, 4.69) is 0 Å². The summed E-state index contributed by atoms with van der Waals surface area (Å²) in [5.41, 5.74) is 0. The minimum Gasteiger partial charge on any atom is -0.743 e. The summed E-state index contributed by atoms with van der Waals surface area (Å²) in [4.78, 5) is 10.6. The van der Waals surface area contributed by atoms with Crippen LogP contribution in [-0.2, 0) is 25.8 Å². The zero-order valence-electron chi connectivity index (χ0n) is 21.0. The van der Waals surface area contributed by atoms with Crippen molar-refractivity contribution in [3.63, 3.8) is 0 Å². The minimum atomic E-state index is -8.92. The zero-order chi connectivity index (χ0) is 34.3. The van der Waals surface area contributed by atoms with Gasteiger partial charge in [0.15, 0.2) is 22.2 Å². The van der Waals surface area contributed by atoms with Crippen molar-refractivity contribution in [2.24, 2.45) is 5.92 Å². The fraction of sp³-hybridized carbons (Fsp3) is 0.950. The Labute approximate surface area is 234 Å². The quantitative estimate of drug-likeness (QED) is 0.105. The second kappa shape index (κ2) is 12.5. The standard InChI is InChI=1S/C12H21OS.C8HF17O3S/c13-8-10-14-9-4-7-12(14)11-5-2-1-3-6-11;9-1(10,3(13,14)5(17,18)7(21,22)23)2(11,12)4(15,16)6(19,20)8(24,25)29(26,27)28/h8,11-12H,1-7,9-10H2;(H,26,27,28)/q+1;/p-1. The van der Waals surface area contributed by atoms with Gasteiger partial charge in [0.25, 0.3) is 0 Å². The highest BCUT2D eigenvalue weighted by atomic mass is 32.2. The molecule has 0 bridgehead atoms. The van der Waals surface area contributed by atoms with Crippen LogP contribution >= 0.6 is 0 Å². The molecule has 0 aromatic rings. The van der Waals surface area contributed by atoms with E-state index >= 15 is 0 Å². The summed E-state index contributed by atoms with van der Waals surface area (Å²) < 4.78 is 244. The molecule has 0 radical (unpaired) electrons. The van der Waals surface area contributed by atoms with Crippen molar-refractivity contribution >= 4 is 27.3 Å². The van der Waals surface area contributed by atoms with Gasteiger partial charge in [0, 0.05) is 5.92 Å². The molecule has 256 valence electrons. The van der Waals surface area contributed by atoms with E-state index in [9.17, 15) is 92.4 Å². The molecule has 0 N–H and O–H groups in total. The first kappa shape index (κ1) is 39.8. The van der Waals surface area contributed by atoms with E-state index in [4.69, 9.17) is 0 Å². The molecule has 2 fully saturated rings. The number of hydrogen-bond acceptors (Lipinski definition) is 4. The number of halogens is 17. The monoisotopic (exact) mass is 712 g/mol. The summed E-state index contributed by atoms with van der Waals surface area (Å²) in [6.07, 6.45) is 3.31. The van der Waals surface area contributed by atoms with Gasteiger partial charge >= 0.3 is 47.0 Å². The lowest BCUT2D eigenvalue weighted by molar-refractivity contribution is -0.458. The van der Waals surface area contributed by atoms with Gasteiger partial charge in [-0.05, 0) is 36.6 Å². The summed E-state index contributed by atoms with van der Waals surface area (Å²) in [6, 6.07) is 0. The van der Waals surface area contributed by atoms with Crippen LogP contribution in [0.15, 0.2) is 0 Å². The first-order valence-electron chi connectivity index (χ1n) is 11.7. The molecule has 2 rings (SSSR count). The molecule has 2 atom stereocenters. The molecular formula is C20H21F17O4S2. The van der Waals surface area contributed by atoms with Crippen molar-refractivity contribution in [2.75, 3.05) is 11.5 Å². The Morgan fingerprint density at radius 3 is 1.37 bits per heavy atom. The van der Waals surface area contributed by atoms with Crippen molar-refractivity contribution in [1.82, 2.24) is 0 Å². The molecule has 1 saturated heterocycles. The number of alkyl halides is 17. The van der Waals surface area contributed by atoms with Crippen LogP contribution in [0.3, 0.4) is 0 Å². The van der Waals surface area contributed by atoms with E-state index in [1.54, 1.807) is 0 Å². The molecular weight excluding hydrogens is 691 g/mol. The van der Waals surface area contributed by atoms with Crippen molar-refractivity contribution in [2.45, 2.75) is 97.2 Å². The van der Waals surface area contributed by atoms with E-state index in [1.807, 2.05) is 0 Å². The molecule has 2 unspecified atom stereocenters. The molecule has 23 heteroatoms. The van der Waals surface area contributed by atoms with Gasteiger partial charge in [-0.1, -0.05) is 19.3 Å². The Morgan fingerprint density at radius 1 is 0.605 bits per heavy atom. The largest absolute Gasteiger partial charge is 0.743 e. The minimum absolute atomic E-state index is 0.469.